The number of nitrogens with zero attached hydrogens (tertiary/aromatic N) is 5. The normalized spacial score (nSPS) is 12.2. The summed E-state index contributed by atoms with van der Waals surface area (Å²) < 4.78 is 27.9. The van der Waals surface area contributed by atoms with E-state index in [1.165, 1.54) is 60.0 Å². The second-order valence-corrected chi connectivity index (χ2v) is 25.1. The fraction of sp³-hybridized carbons (Fsp3) is 0.0118. The number of aromatic nitrogens is 5. The number of benzene rings is 14. The Hall–Kier alpha value is -12.2. The van der Waals surface area contributed by atoms with Crippen molar-refractivity contribution in [3.8, 4) is 39.6 Å². The van der Waals surface area contributed by atoms with E-state index in [1.54, 1.807) is 0 Å². The van der Waals surface area contributed by atoms with Gasteiger partial charge in [-0.25, -0.2) is 9.97 Å². The van der Waals surface area contributed by atoms with E-state index in [-0.39, 0.29) is 0 Å². The van der Waals surface area contributed by atoms with Crippen LogP contribution in [0.1, 0.15) is 11.1 Å². The lowest BCUT2D eigenvalue weighted by Crippen LogP contribution is -2.03. The largest absolute Gasteiger partial charge is 0.456 e. The van der Waals surface area contributed by atoms with E-state index in [4.69, 9.17) is 27.6 Å². The number of hydrogen-bond acceptors (Lipinski definition) is 8. The van der Waals surface area contributed by atoms with Crippen LogP contribution in [0.3, 0.4) is 0 Å². The quantitative estimate of drug-likeness (QED) is 0.161. The van der Waals surface area contributed by atoms with E-state index in [1.807, 2.05) is 91.0 Å². The molecular weight excluding hydrogens is 1230 g/mol. The molecule has 444 valence electrons. The molecule has 0 bridgehead atoms. The third-order valence-corrected chi connectivity index (χ3v) is 19.5. The summed E-state index contributed by atoms with van der Waals surface area (Å²) in [6.45, 7) is 0. The van der Waals surface area contributed by atoms with Gasteiger partial charge in [-0.3, -0.25) is 4.57 Å². The van der Waals surface area contributed by atoms with Gasteiger partial charge >= 0.3 is 0 Å². The monoisotopic (exact) mass is 1280 g/mol. The van der Waals surface area contributed by atoms with E-state index in [2.05, 4.69) is 219 Å². The molecule has 14 aromatic carbocycles. The molecule has 0 atom stereocenters. The summed E-state index contributed by atoms with van der Waals surface area (Å²) in [4.78, 5) is 19.5. The van der Waals surface area contributed by atoms with Crippen LogP contribution in [0.4, 0.5) is 0 Å². The van der Waals surface area contributed by atoms with Crippen molar-refractivity contribution in [2.75, 3.05) is 0 Å². The highest BCUT2D eigenvalue weighted by atomic mass is 79.9. The van der Waals surface area contributed by atoms with Gasteiger partial charge in [-0.15, -0.1) is 0 Å². The molecule has 0 saturated heterocycles. The average molecular weight is 1280 g/mol. The molecule has 0 spiro atoms. The fourth-order valence-corrected chi connectivity index (χ4v) is 15.3. The number of fused-ring (bicyclic) bond motifs is 26. The number of hydrogen-bond donors (Lipinski definition) is 0. The van der Waals surface area contributed by atoms with Crippen molar-refractivity contribution in [2.24, 2.45) is 0 Å². The molecule has 1 aliphatic carbocycles. The van der Waals surface area contributed by atoms with Gasteiger partial charge in [0.25, 0.3) is 0 Å². The number of para-hydroxylation sites is 2. The van der Waals surface area contributed by atoms with E-state index < -0.39 is 0 Å². The van der Waals surface area contributed by atoms with Gasteiger partial charge in [0.05, 0.1) is 38.6 Å². The minimum atomic E-state index is 0.530. The van der Waals surface area contributed by atoms with Gasteiger partial charge in [0.1, 0.15) is 33.5 Å². The summed E-state index contributed by atoms with van der Waals surface area (Å²) in [5.41, 5.74) is 17.8. The Morgan fingerprint density at radius 2 is 0.737 bits per heavy atom. The zero-order valence-electron chi connectivity index (χ0n) is 50.5. The lowest BCUT2D eigenvalue weighted by Gasteiger charge is -2.11. The molecule has 0 amide bonds. The molecule has 0 radical (unpaired) electrons. The highest BCUT2D eigenvalue weighted by Gasteiger charge is 2.28. The van der Waals surface area contributed by atoms with E-state index >= 15 is 0 Å². The molecule has 95 heavy (non-hydrogen) atoms. The lowest BCUT2D eigenvalue weighted by molar-refractivity contribution is 0.651. The van der Waals surface area contributed by atoms with Crippen LogP contribution in [0.25, 0.3) is 193 Å². The van der Waals surface area contributed by atoms with Gasteiger partial charge in [-0.1, -0.05) is 224 Å². The highest BCUT2D eigenvalue weighted by molar-refractivity contribution is 9.10. The molecule has 0 unspecified atom stereocenters. The maximum absolute atomic E-state index is 6.57. The molecule has 0 N–H and O–H groups in total. The maximum atomic E-state index is 6.57. The molecule has 7 aromatic heterocycles. The van der Waals surface area contributed by atoms with Gasteiger partial charge in [0, 0.05) is 60.6 Å². The van der Waals surface area contributed by atoms with Crippen LogP contribution < -0.4 is 0 Å². The van der Waals surface area contributed by atoms with Crippen molar-refractivity contribution in [2.45, 2.75) is 6.42 Å². The first kappa shape index (κ1) is 53.4. The minimum absolute atomic E-state index is 0.530. The Labute approximate surface area is 548 Å². The summed E-state index contributed by atoms with van der Waals surface area (Å²) in [5.74, 6) is 0.550. The molecule has 21 aromatic rings. The zero-order valence-corrected chi connectivity index (χ0v) is 52.1. The van der Waals surface area contributed by atoms with Crippen molar-refractivity contribution in [3.05, 3.63) is 295 Å². The van der Waals surface area contributed by atoms with Crippen molar-refractivity contribution in [1.82, 2.24) is 24.5 Å². The molecule has 10 heteroatoms. The molecule has 0 fully saturated rings. The fourth-order valence-electron chi connectivity index (χ4n) is 14.9. The summed E-state index contributed by atoms with van der Waals surface area (Å²) in [5, 5.41) is 20.5. The van der Waals surface area contributed by atoms with Crippen LogP contribution in [0.15, 0.2) is 301 Å². The lowest BCUT2D eigenvalue weighted by atomic mass is 9.99. The molecule has 0 saturated carbocycles. The first-order valence-electron chi connectivity index (χ1n) is 31.7. The summed E-state index contributed by atoms with van der Waals surface area (Å²) >= 11 is 3.36. The standard InChI is InChI=1S/C42H23N3O2.C27H16O.C16H9BrN2O/c1-2-11-25(12-3-1)38-37-31-16-8-9-17-33(31)47-41(37)44-42(43-38)45-39-28-15-7-6-10-24(28)18-19-29(39)30-20-21-34-36(40(30)45)32-22-26-13-4-5-14-27(26)23-35(32)46-34;1-2-7-18-14-26-24(13-17(18)6-1)27-23-15-22-19-8-4-3-5-16(19)9-10-20(22)21(23)11-12-25(27)28-26;17-16-18-14(10-6-2-1-3-7-10)13-11-8-4-5-9-12(11)20-15(13)19-16/h1-23H;1-14H,15H2;1-9H. The first-order chi connectivity index (χ1) is 47.0. The summed E-state index contributed by atoms with van der Waals surface area (Å²) in [6, 6.07) is 97.0. The van der Waals surface area contributed by atoms with Crippen molar-refractivity contribution in [1.29, 1.82) is 0 Å². The third kappa shape index (κ3) is 8.34. The van der Waals surface area contributed by atoms with Crippen LogP contribution >= 0.6 is 15.9 Å². The van der Waals surface area contributed by atoms with Gasteiger partial charge < -0.3 is 17.7 Å². The van der Waals surface area contributed by atoms with E-state index in [0.29, 0.717) is 22.1 Å². The van der Waals surface area contributed by atoms with E-state index in [0.717, 1.165) is 133 Å². The molecule has 9 nitrogen and oxygen atoms in total. The smallest absolute Gasteiger partial charge is 0.238 e. The van der Waals surface area contributed by atoms with Crippen LogP contribution in [0.5, 0.6) is 0 Å². The van der Waals surface area contributed by atoms with Crippen LogP contribution in [0, 0.1) is 0 Å². The van der Waals surface area contributed by atoms with Crippen LogP contribution in [-0.4, -0.2) is 24.5 Å². The average Bonchev–Trinajstić information content (AvgIpc) is 1.54. The Morgan fingerprint density at radius 1 is 0.284 bits per heavy atom. The van der Waals surface area contributed by atoms with Gasteiger partial charge in [-0.05, 0) is 130 Å². The van der Waals surface area contributed by atoms with Crippen LogP contribution in [0.2, 0.25) is 0 Å². The second kappa shape index (κ2) is 20.9. The molecule has 0 aliphatic heterocycles. The van der Waals surface area contributed by atoms with Crippen LogP contribution in [-0.2, 0) is 6.42 Å². The Bertz CT molecular complexity index is 6780. The van der Waals surface area contributed by atoms with E-state index in [9.17, 15) is 0 Å². The first-order valence-corrected chi connectivity index (χ1v) is 32.5. The Morgan fingerprint density at radius 3 is 1.38 bits per heavy atom. The predicted octanol–water partition coefficient (Wildman–Crippen LogP) is 23.6. The highest BCUT2D eigenvalue weighted by Crippen LogP contribution is 2.48. The SMILES string of the molecule is Brc1nc(-c2ccccc2)c2c(n1)oc1ccccc12.c1ccc(-c2nc(-n3c4c5ccccc5ccc4c4ccc5oc6cc7ccccc7cc6c5c43)nc3oc4ccccc4c23)cc1.c1ccc2cc3c(cc2c1)oc1ccc2c(c13)Cc1c-2ccc2ccccc12. The topological polar surface area (TPSA) is 109 Å². The second-order valence-electron chi connectivity index (χ2n) is 24.4. The molecular formula is C85H48BrN5O4. The van der Waals surface area contributed by atoms with Gasteiger partial charge in [0.15, 0.2) is 0 Å². The van der Waals surface area contributed by atoms with Crippen molar-refractivity contribution < 1.29 is 17.7 Å². The third-order valence-electron chi connectivity index (χ3n) is 19.1. The summed E-state index contributed by atoms with van der Waals surface area (Å²) in [6.07, 6.45) is 0.963. The molecule has 1 aliphatic rings. The number of halogens is 1. The maximum Gasteiger partial charge on any atom is 0.238 e. The zero-order chi connectivity index (χ0) is 62.4. The summed E-state index contributed by atoms with van der Waals surface area (Å²) in [7, 11) is 0. The van der Waals surface area contributed by atoms with Gasteiger partial charge in [0.2, 0.25) is 22.1 Å². The van der Waals surface area contributed by atoms with Crippen molar-refractivity contribution >= 4 is 169 Å². The number of furan rings is 4. The molecule has 22 rings (SSSR count). The Balaban J connectivity index is 0.000000109. The minimum Gasteiger partial charge on any atom is -0.456 e. The van der Waals surface area contributed by atoms with Gasteiger partial charge in [-0.2, -0.15) is 9.97 Å². The Kier molecular flexibility index (Phi) is 11.7. The predicted molar refractivity (Wildman–Crippen MR) is 391 cm³/mol. The molecule has 7 heterocycles. The number of rotatable bonds is 3. The van der Waals surface area contributed by atoms with Crippen molar-refractivity contribution in [3.63, 3.8) is 0 Å².